The van der Waals surface area contributed by atoms with Crippen LogP contribution < -0.4 is 14.9 Å². The number of fused-ring (bicyclic) bond motifs is 1. The van der Waals surface area contributed by atoms with Gasteiger partial charge in [0.2, 0.25) is 22.1 Å². The molecule has 42 heavy (non-hydrogen) atoms. The molecule has 1 fully saturated rings. The molecule has 0 aromatic heterocycles. The van der Waals surface area contributed by atoms with Crippen LogP contribution in [-0.2, 0) is 26.0 Å². The largest absolute Gasteiger partial charge is 0.325 e. The SMILES string of the molecule is CCCCc1ccc(S(=O)(=O)NC2(C(=O)NC3N=C(c4ccccc4)c4ccccc4N(C)C3=O)CCCCC2)cc1. The fraction of sp³-hybridized carbons (Fsp3) is 0.364. The molecule has 1 aliphatic carbocycles. The van der Waals surface area contributed by atoms with Crippen LogP contribution in [0.25, 0.3) is 0 Å². The summed E-state index contributed by atoms with van der Waals surface area (Å²) in [5.41, 5.74) is 2.52. The van der Waals surface area contributed by atoms with E-state index < -0.39 is 33.5 Å². The molecule has 1 unspecified atom stereocenters. The van der Waals surface area contributed by atoms with E-state index in [-0.39, 0.29) is 4.90 Å². The third-order valence-corrected chi connectivity index (χ3v) is 9.73. The molecule has 1 atom stereocenters. The topological polar surface area (TPSA) is 108 Å². The molecule has 0 radical (unpaired) electrons. The quantitative estimate of drug-likeness (QED) is 0.369. The highest BCUT2D eigenvalue weighted by Gasteiger charge is 2.45. The summed E-state index contributed by atoms with van der Waals surface area (Å²) in [4.78, 5) is 34.2. The summed E-state index contributed by atoms with van der Waals surface area (Å²) >= 11 is 0. The van der Waals surface area contributed by atoms with Crippen LogP contribution in [-0.4, -0.2) is 44.7 Å². The molecule has 0 bridgehead atoms. The van der Waals surface area contributed by atoms with Gasteiger partial charge in [-0.15, -0.1) is 0 Å². The Morgan fingerprint density at radius 3 is 2.31 bits per heavy atom. The molecule has 3 aromatic carbocycles. The normalized spacial score (nSPS) is 18.5. The number of carbonyl (C=O) groups excluding carboxylic acids is 2. The molecule has 1 aliphatic heterocycles. The molecule has 220 valence electrons. The highest BCUT2D eigenvalue weighted by atomic mass is 32.2. The van der Waals surface area contributed by atoms with Crippen LogP contribution in [0.5, 0.6) is 0 Å². The van der Waals surface area contributed by atoms with Gasteiger partial charge < -0.3 is 10.2 Å². The number of amides is 2. The Morgan fingerprint density at radius 1 is 0.952 bits per heavy atom. The maximum Gasteiger partial charge on any atom is 0.272 e. The molecule has 3 aromatic rings. The number of sulfonamides is 1. The van der Waals surface area contributed by atoms with E-state index in [0.29, 0.717) is 37.1 Å². The van der Waals surface area contributed by atoms with Crippen LogP contribution in [0.4, 0.5) is 5.69 Å². The lowest BCUT2D eigenvalue weighted by Gasteiger charge is -2.37. The van der Waals surface area contributed by atoms with Crippen molar-refractivity contribution in [1.29, 1.82) is 0 Å². The minimum Gasteiger partial charge on any atom is -0.325 e. The molecular formula is C33H38N4O4S. The summed E-state index contributed by atoms with van der Waals surface area (Å²) in [6.45, 7) is 2.12. The van der Waals surface area contributed by atoms with Gasteiger partial charge in [-0.25, -0.2) is 13.4 Å². The molecule has 0 spiro atoms. The van der Waals surface area contributed by atoms with Crippen molar-refractivity contribution in [2.75, 3.05) is 11.9 Å². The van der Waals surface area contributed by atoms with Crippen molar-refractivity contribution in [3.63, 3.8) is 0 Å². The number of carbonyl (C=O) groups is 2. The number of para-hydroxylation sites is 1. The standard InChI is InChI=1S/C33H38N4O4S/c1-3-4-13-24-18-20-26(21-19-24)42(40,41)36-33(22-11-6-12-23-33)32(39)35-30-31(38)37(2)28-17-10-9-16-27(28)29(34-30)25-14-7-5-8-15-25/h5,7-10,14-21,30,36H,3-4,6,11-13,22-23H2,1-2H3,(H,35,39). The molecular weight excluding hydrogens is 548 g/mol. The lowest BCUT2D eigenvalue weighted by atomic mass is 9.82. The van der Waals surface area contributed by atoms with E-state index in [2.05, 4.69) is 17.0 Å². The summed E-state index contributed by atoms with van der Waals surface area (Å²) in [5.74, 6) is -0.947. The van der Waals surface area contributed by atoms with E-state index in [1.165, 1.54) is 4.90 Å². The van der Waals surface area contributed by atoms with E-state index in [1.54, 1.807) is 19.2 Å². The van der Waals surface area contributed by atoms with Gasteiger partial charge in [-0.05, 0) is 49.4 Å². The number of benzodiazepines with no additional fused rings is 1. The van der Waals surface area contributed by atoms with Crippen molar-refractivity contribution in [3.8, 4) is 0 Å². The Morgan fingerprint density at radius 2 is 1.62 bits per heavy atom. The van der Waals surface area contributed by atoms with Crippen LogP contribution in [0.15, 0.2) is 88.8 Å². The van der Waals surface area contributed by atoms with E-state index in [1.807, 2.05) is 66.7 Å². The Hall–Kier alpha value is -3.82. The van der Waals surface area contributed by atoms with Gasteiger partial charge in [-0.2, -0.15) is 4.72 Å². The number of benzene rings is 3. The number of nitrogens with one attached hydrogen (secondary N) is 2. The van der Waals surface area contributed by atoms with Crippen LogP contribution in [0.1, 0.15) is 68.6 Å². The number of anilines is 1. The number of nitrogens with zero attached hydrogens (tertiary/aromatic N) is 2. The van der Waals surface area contributed by atoms with Crippen LogP contribution in [0.3, 0.4) is 0 Å². The summed E-state index contributed by atoms with van der Waals surface area (Å²) in [6.07, 6.45) is 4.69. The van der Waals surface area contributed by atoms with Crippen molar-refractivity contribution in [2.45, 2.75) is 74.9 Å². The number of hydrogen-bond acceptors (Lipinski definition) is 5. The number of likely N-dealkylation sites (N-methyl/N-ethyl adjacent to an activating group) is 1. The zero-order chi connectivity index (χ0) is 29.7. The number of unbranched alkanes of at least 4 members (excludes halogenated alkanes) is 1. The molecule has 0 saturated heterocycles. The van der Waals surface area contributed by atoms with E-state index in [4.69, 9.17) is 4.99 Å². The van der Waals surface area contributed by atoms with Crippen molar-refractivity contribution >= 4 is 33.2 Å². The van der Waals surface area contributed by atoms with E-state index in [0.717, 1.165) is 42.4 Å². The maximum atomic E-state index is 14.1. The first kappa shape index (κ1) is 29.7. The molecule has 2 N–H and O–H groups in total. The predicted octanol–water partition coefficient (Wildman–Crippen LogP) is 4.97. The van der Waals surface area contributed by atoms with Gasteiger partial charge in [0.15, 0.2) is 0 Å². The highest BCUT2D eigenvalue weighted by molar-refractivity contribution is 7.89. The molecule has 5 rings (SSSR count). The highest BCUT2D eigenvalue weighted by Crippen LogP contribution is 2.32. The van der Waals surface area contributed by atoms with Gasteiger partial charge in [0, 0.05) is 18.2 Å². The molecule has 1 heterocycles. The maximum absolute atomic E-state index is 14.1. The first-order valence-corrected chi connectivity index (χ1v) is 16.2. The molecule has 8 nitrogen and oxygen atoms in total. The zero-order valence-electron chi connectivity index (χ0n) is 24.2. The van der Waals surface area contributed by atoms with Crippen molar-refractivity contribution in [2.24, 2.45) is 4.99 Å². The van der Waals surface area contributed by atoms with Crippen molar-refractivity contribution < 1.29 is 18.0 Å². The molecule has 2 aliphatic rings. The van der Waals surface area contributed by atoms with Crippen molar-refractivity contribution in [3.05, 3.63) is 95.6 Å². The third-order valence-electron chi connectivity index (χ3n) is 8.18. The summed E-state index contributed by atoms with van der Waals surface area (Å²) in [5, 5.41) is 2.85. The average Bonchev–Trinajstić information content (AvgIpc) is 3.11. The van der Waals surface area contributed by atoms with Crippen molar-refractivity contribution in [1.82, 2.24) is 10.0 Å². The number of hydrogen-bond donors (Lipinski definition) is 2. The third kappa shape index (κ3) is 6.17. The number of rotatable bonds is 9. The van der Waals surface area contributed by atoms with Crippen LogP contribution in [0, 0.1) is 0 Å². The smallest absolute Gasteiger partial charge is 0.272 e. The zero-order valence-corrected chi connectivity index (χ0v) is 25.0. The second kappa shape index (κ2) is 12.6. The van der Waals surface area contributed by atoms with Gasteiger partial charge in [0.25, 0.3) is 5.91 Å². The van der Waals surface area contributed by atoms with Crippen LogP contribution in [0.2, 0.25) is 0 Å². The monoisotopic (exact) mass is 586 g/mol. The minimum atomic E-state index is -4.01. The number of aryl methyl sites for hydroxylation is 1. The Balaban J connectivity index is 1.46. The van der Waals surface area contributed by atoms with Gasteiger partial charge >= 0.3 is 0 Å². The van der Waals surface area contributed by atoms with Crippen LogP contribution >= 0.6 is 0 Å². The fourth-order valence-electron chi connectivity index (χ4n) is 5.77. The summed E-state index contributed by atoms with van der Waals surface area (Å²) in [7, 11) is -2.35. The summed E-state index contributed by atoms with van der Waals surface area (Å²) < 4.78 is 29.9. The Kier molecular flexibility index (Phi) is 8.89. The first-order chi connectivity index (χ1) is 20.2. The summed E-state index contributed by atoms with van der Waals surface area (Å²) in [6, 6.07) is 23.9. The lowest BCUT2D eigenvalue weighted by Crippen LogP contribution is -2.62. The first-order valence-electron chi connectivity index (χ1n) is 14.7. The fourth-order valence-corrected chi connectivity index (χ4v) is 7.19. The predicted molar refractivity (Wildman–Crippen MR) is 165 cm³/mol. The Labute approximate surface area is 248 Å². The molecule has 1 saturated carbocycles. The minimum absolute atomic E-state index is 0.116. The lowest BCUT2D eigenvalue weighted by molar-refractivity contribution is -0.132. The molecule has 9 heteroatoms. The van der Waals surface area contributed by atoms with Gasteiger partial charge in [0.05, 0.1) is 16.3 Å². The van der Waals surface area contributed by atoms with E-state index >= 15 is 0 Å². The van der Waals surface area contributed by atoms with Gasteiger partial charge in [-0.3, -0.25) is 9.59 Å². The van der Waals surface area contributed by atoms with E-state index in [9.17, 15) is 18.0 Å². The molecule has 2 amide bonds. The average molecular weight is 587 g/mol. The number of aliphatic imine (C=N–C) groups is 1. The van der Waals surface area contributed by atoms with Gasteiger partial charge in [0.1, 0.15) is 5.54 Å². The van der Waals surface area contributed by atoms with Gasteiger partial charge in [-0.1, -0.05) is 93.3 Å². The Bertz CT molecular complexity index is 1560. The second-order valence-corrected chi connectivity index (χ2v) is 12.8. The second-order valence-electron chi connectivity index (χ2n) is 11.1.